The Morgan fingerprint density at radius 3 is 1.28 bits per heavy atom. The summed E-state index contributed by atoms with van der Waals surface area (Å²) in [6.07, 6.45) is 7.67. The summed E-state index contributed by atoms with van der Waals surface area (Å²) in [5.41, 5.74) is 11.8. The maximum atomic E-state index is 4.39. The summed E-state index contributed by atoms with van der Waals surface area (Å²) in [6, 6.07) is 48.3. The highest BCUT2D eigenvalue weighted by molar-refractivity contribution is 6.09. The highest BCUT2D eigenvalue weighted by atomic mass is 15.0. The van der Waals surface area contributed by atoms with Gasteiger partial charge >= 0.3 is 0 Å². The molecule has 0 aliphatic rings. The van der Waals surface area contributed by atoms with Crippen molar-refractivity contribution in [1.29, 1.82) is 0 Å². The Morgan fingerprint density at radius 2 is 0.787 bits per heavy atom. The summed E-state index contributed by atoms with van der Waals surface area (Å²) in [6.45, 7) is 4.61. The molecule has 0 amide bonds. The number of hydrogen-bond acceptors (Lipinski definition) is 2. The number of pyridine rings is 2. The molecule has 0 radical (unpaired) electrons. The number of rotatable bonds is 5. The molecule has 0 N–H and O–H groups in total. The molecule has 47 heavy (non-hydrogen) atoms. The maximum absolute atomic E-state index is 4.39. The van der Waals surface area contributed by atoms with Crippen LogP contribution in [0.3, 0.4) is 0 Å². The van der Waals surface area contributed by atoms with Crippen molar-refractivity contribution in [2.24, 2.45) is 0 Å². The van der Waals surface area contributed by atoms with Gasteiger partial charge < -0.3 is 9.13 Å². The largest absolute Gasteiger partial charge is 0.309 e. The minimum atomic E-state index is -0.156. The quantitative estimate of drug-likeness (QED) is 0.196. The summed E-state index contributed by atoms with van der Waals surface area (Å²) >= 11 is 0. The van der Waals surface area contributed by atoms with Gasteiger partial charge in [-0.3, -0.25) is 9.97 Å². The molecule has 0 aliphatic heterocycles. The molecule has 0 fully saturated rings. The molecule has 0 bridgehead atoms. The van der Waals surface area contributed by atoms with Gasteiger partial charge in [-0.2, -0.15) is 0 Å². The molecule has 0 aliphatic carbocycles. The Morgan fingerprint density at radius 1 is 0.404 bits per heavy atom. The normalized spacial score (nSPS) is 12.0. The van der Waals surface area contributed by atoms with Crippen molar-refractivity contribution < 1.29 is 0 Å². The van der Waals surface area contributed by atoms with E-state index in [1.807, 2.05) is 24.8 Å². The number of benzene rings is 5. The predicted octanol–water partition coefficient (Wildman–Crippen LogP) is 10.7. The van der Waals surface area contributed by atoms with E-state index >= 15 is 0 Å². The molecule has 0 spiro atoms. The molecule has 0 saturated heterocycles. The van der Waals surface area contributed by atoms with Crippen LogP contribution in [-0.2, 0) is 5.41 Å². The van der Waals surface area contributed by atoms with Crippen molar-refractivity contribution in [2.75, 3.05) is 0 Å². The zero-order chi connectivity index (χ0) is 31.5. The molecule has 4 heteroatoms. The molecule has 0 saturated carbocycles. The Balaban J connectivity index is 1.01. The third-order valence-corrected chi connectivity index (χ3v) is 9.86. The molecule has 224 valence electrons. The molecule has 9 rings (SSSR count). The molecule has 0 unspecified atom stereocenters. The van der Waals surface area contributed by atoms with Crippen molar-refractivity contribution in [2.45, 2.75) is 19.3 Å². The van der Waals surface area contributed by atoms with Gasteiger partial charge in [0, 0.05) is 63.1 Å². The second-order valence-corrected chi connectivity index (χ2v) is 12.8. The van der Waals surface area contributed by atoms with Crippen LogP contribution in [0.25, 0.3) is 66.1 Å². The van der Waals surface area contributed by atoms with Gasteiger partial charge in [-0.15, -0.1) is 0 Å². The fourth-order valence-electron chi connectivity index (χ4n) is 7.26. The predicted molar refractivity (Wildman–Crippen MR) is 195 cm³/mol. The van der Waals surface area contributed by atoms with Crippen molar-refractivity contribution in [3.8, 4) is 22.5 Å². The lowest BCUT2D eigenvalue weighted by Crippen LogP contribution is -2.18. The monoisotopic (exact) mass is 604 g/mol. The van der Waals surface area contributed by atoms with Gasteiger partial charge in [0.15, 0.2) is 0 Å². The van der Waals surface area contributed by atoms with Gasteiger partial charge in [-0.1, -0.05) is 98.8 Å². The lowest BCUT2D eigenvalue weighted by atomic mass is 9.78. The fraction of sp³-hybridized carbons (Fsp3) is 0.0698. The summed E-state index contributed by atoms with van der Waals surface area (Å²) < 4.78 is 4.66. The second kappa shape index (κ2) is 10.5. The second-order valence-electron chi connectivity index (χ2n) is 12.8. The number of aromatic nitrogens is 4. The first-order valence-corrected chi connectivity index (χ1v) is 16.1. The van der Waals surface area contributed by atoms with E-state index in [2.05, 4.69) is 166 Å². The van der Waals surface area contributed by atoms with E-state index in [0.717, 1.165) is 11.4 Å². The van der Waals surface area contributed by atoms with Crippen molar-refractivity contribution in [3.63, 3.8) is 0 Å². The van der Waals surface area contributed by atoms with E-state index in [4.69, 9.17) is 0 Å². The van der Waals surface area contributed by atoms with Gasteiger partial charge in [0.1, 0.15) is 0 Å². The van der Waals surface area contributed by atoms with Crippen molar-refractivity contribution >= 4 is 43.6 Å². The van der Waals surface area contributed by atoms with Crippen LogP contribution in [0.15, 0.2) is 158 Å². The molecule has 0 atom stereocenters. The molecule has 4 heterocycles. The minimum absolute atomic E-state index is 0.156. The molecular formula is C43H32N4. The smallest absolute Gasteiger partial charge is 0.0571 e. The van der Waals surface area contributed by atoms with Crippen LogP contribution >= 0.6 is 0 Å². The van der Waals surface area contributed by atoms with E-state index in [1.165, 1.54) is 65.9 Å². The third kappa shape index (κ3) is 4.29. The Labute approximate surface area is 273 Å². The number of nitrogens with zero attached hydrogens (tertiary/aromatic N) is 4. The zero-order valence-electron chi connectivity index (χ0n) is 26.3. The SMILES string of the molecule is CC(C)(c1ccc(-c2ccc(-n3c4ccccc4c4cnccc43)cc2)cc1)c1ccc(-n2c3ccccc3c3cnccc32)cc1. The zero-order valence-corrected chi connectivity index (χ0v) is 26.3. The molecule has 9 aromatic rings. The number of hydrogen-bond donors (Lipinski definition) is 0. The summed E-state index contributed by atoms with van der Waals surface area (Å²) in [5, 5.41) is 4.78. The first-order valence-electron chi connectivity index (χ1n) is 16.1. The van der Waals surface area contributed by atoms with E-state index in [1.54, 1.807) is 0 Å². The van der Waals surface area contributed by atoms with Gasteiger partial charge in [-0.05, 0) is 70.8 Å². The minimum Gasteiger partial charge on any atom is -0.309 e. The van der Waals surface area contributed by atoms with Crippen LogP contribution in [0.5, 0.6) is 0 Å². The van der Waals surface area contributed by atoms with Crippen LogP contribution in [-0.4, -0.2) is 19.1 Å². The third-order valence-electron chi connectivity index (χ3n) is 9.86. The topological polar surface area (TPSA) is 35.6 Å². The lowest BCUT2D eigenvalue weighted by molar-refractivity contribution is 0.641. The average molecular weight is 605 g/mol. The molecule has 5 aromatic carbocycles. The average Bonchev–Trinajstić information content (AvgIpc) is 3.65. The number of para-hydroxylation sites is 2. The van der Waals surface area contributed by atoms with Crippen LogP contribution in [0.1, 0.15) is 25.0 Å². The summed E-state index contributed by atoms with van der Waals surface area (Å²) in [7, 11) is 0. The highest BCUT2D eigenvalue weighted by Gasteiger charge is 2.23. The Kier molecular flexibility index (Phi) is 6.12. The van der Waals surface area contributed by atoms with Crippen molar-refractivity contribution in [1.82, 2.24) is 19.1 Å². The van der Waals surface area contributed by atoms with Crippen molar-refractivity contribution in [3.05, 3.63) is 169 Å². The van der Waals surface area contributed by atoms with Gasteiger partial charge in [0.05, 0.1) is 22.1 Å². The first kappa shape index (κ1) is 27.3. The standard InChI is InChI=1S/C43H32N4/c1-43(2,32-17-21-34(22-18-32)47-40-10-6-4-8-36(40)38-28-45-26-24-42(38)47)31-15-11-29(12-16-31)30-13-19-33(20-14-30)46-39-9-5-3-7-35(39)37-27-44-25-23-41(37)46/h3-28H,1-2H3. The highest BCUT2D eigenvalue weighted by Crippen LogP contribution is 2.36. The van der Waals surface area contributed by atoms with Crippen LogP contribution < -0.4 is 0 Å². The van der Waals surface area contributed by atoms with E-state index in [-0.39, 0.29) is 5.41 Å². The van der Waals surface area contributed by atoms with E-state index < -0.39 is 0 Å². The Hall–Kier alpha value is -6.00. The van der Waals surface area contributed by atoms with Crippen LogP contribution in [0.4, 0.5) is 0 Å². The fourth-order valence-corrected chi connectivity index (χ4v) is 7.26. The maximum Gasteiger partial charge on any atom is 0.0571 e. The van der Waals surface area contributed by atoms with Crippen LogP contribution in [0, 0.1) is 0 Å². The van der Waals surface area contributed by atoms with Crippen LogP contribution in [0.2, 0.25) is 0 Å². The van der Waals surface area contributed by atoms with Gasteiger partial charge in [-0.25, -0.2) is 0 Å². The van der Waals surface area contributed by atoms with E-state index in [0.29, 0.717) is 0 Å². The number of fused-ring (bicyclic) bond motifs is 6. The summed E-state index contributed by atoms with van der Waals surface area (Å²) in [5.74, 6) is 0. The molecule has 4 nitrogen and oxygen atoms in total. The van der Waals surface area contributed by atoms with Gasteiger partial charge in [0.2, 0.25) is 0 Å². The lowest BCUT2D eigenvalue weighted by Gasteiger charge is -2.27. The van der Waals surface area contributed by atoms with Gasteiger partial charge in [0.25, 0.3) is 0 Å². The molecule has 4 aromatic heterocycles. The Bertz CT molecular complexity index is 2460. The molecular weight excluding hydrogens is 573 g/mol. The first-order chi connectivity index (χ1) is 23.1. The van der Waals surface area contributed by atoms with E-state index in [9.17, 15) is 0 Å². The summed E-state index contributed by atoms with van der Waals surface area (Å²) in [4.78, 5) is 8.78.